The minimum atomic E-state index is 0.521. The Labute approximate surface area is 184 Å². The summed E-state index contributed by atoms with van der Waals surface area (Å²) in [5.74, 6) is 1.32. The molecule has 0 spiro atoms. The molecule has 0 saturated heterocycles. The second-order valence-electron chi connectivity index (χ2n) is 7.27. The fourth-order valence-corrected chi connectivity index (χ4v) is 3.39. The van der Waals surface area contributed by atoms with E-state index in [1.807, 2.05) is 50.5 Å². The SMILES string of the molecule is COc1cc2c(cc1OC)C(/C(C#N)=C/C=C/C=C/c1ccc(N(C)C)cc1)=NCC2. The Morgan fingerprint density at radius 2 is 1.74 bits per heavy atom. The summed E-state index contributed by atoms with van der Waals surface area (Å²) in [6.45, 7) is 0.642. The average Bonchev–Trinajstić information content (AvgIpc) is 2.80. The van der Waals surface area contributed by atoms with Crippen molar-refractivity contribution in [2.24, 2.45) is 4.99 Å². The maximum absolute atomic E-state index is 9.73. The smallest absolute Gasteiger partial charge is 0.161 e. The Bertz CT molecular complexity index is 1080. The van der Waals surface area contributed by atoms with Crippen LogP contribution in [-0.4, -0.2) is 40.6 Å². The summed E-state index contributed by atoms with van der Waals surface area (Å²) in [7, 11) is 7.27. The van der Waals surface area contributed by atoms with Crippen LogP contribution in [0.15, 0.2) is 71.3 Å². The molecule has 5 nitrogen and oxygen atoms in total. The van der Waals surface area contributed by atoms with Crippen molar-refractivity contribution < 1.29 is 9.47 Å². The number of ether oxygens (including phenoxy) is 2. The molecule has 3 rings (SSSR count). The highest BCUT2D eigenvalue weighted by Crippen LogP contribution is 2.33. The Morgan fingerprint density at radius 3 is 2.39 bits per heavy atom. The standard InChI is InChI=1S/C26H27N3O2/c1-29(2)22-12-10-19(11-13-22)8-6-5-7-9-21(18-27)26-23-17-25(31-4)24(30-3)16-20(23)14-15-28-26/h5-13,16-17H,14-15H2,1-4H3/b7-5+,8-6+,21-9+. The lowest BCUT2D eigenvalue weighted by atomic mass is 9.92. The van der Waals surface area contributed by atoms with Crippen LogP contribution >= 0.6 is 0 Å². The molecule has 1 heterocycles. The molecule has 2 aromatic carbocycles. The first kappa shape index (κ1) is 21.9. The molecule has 0 saturated carbocycles. The highest BCUT2D eigenvalue weighted by molar-refractivity contribution is 6.16. The number of aliphatic imine (C=N–C) groups is 1. The van der Waals surface area contributed by atoms with Crippen LogP contribution in [0.2, 0.25) is 0 Å². The number of nitrogens with zero attached hydrogens (tertiary/aromatic N) is 3. The second kappa shape index (κ2) is 10.3. The van der Waals surface area contributed by atoms with Crippen molar-refractivity contribution in [1.29, 1.82) is 5.26 Å². The number of anilines is 1. The minimum Gasteiger partial charge on any atom is -0.493 e. The molecule has 158 valence electrons. The van der Waals surface area contributed by atoms with Crippen LogP contribution in [0.4, 0.5) is 5.69 Å². The summed E-state index contributed by atoms with van der Waals surface area (Å²) < 4.78 is 10.8. The molecule has 0 N–H and O–H groups in total. The zero-order valence-corrected chi connectivity index (χ0v) is 18.4. The summed E-state index contributed by atoms with van der Waals surface area (Å²) in [6, 6.07) is 14.5. The van der Waals surface area contributed by atoms with Gasteiger partial charge in [-0.2, -0.15) is 5.26 Å². The summed E-state index contributed by atoms with van der Waals surface area (Å²) in [5.41, 5.74) is 5.52. The van der Waals surface area contributed by atoms with Crippen LogP contribution in [0.5, 0.6) is 11.5 Å². The van der Waals surface area contributed by atoms with E-state index < -0.39 is 0 Å². The first-order valence-electron chi connectivity index (χ1n) is 10.1. The lowest BCUT2D eigenvalue weighted by molar-refractivity contribution is 0.354. The molecule has 0 amide bonds. The van der Waals surface area contributed by atoms with Crippen LogP contribution < -0.4 is 14.4 Å². The third kappa shape index (κ3) is 5.23. The fraction of sp³-hybridized carbons (Fsp3) is 0.231. The summed E-state index contributed by atoms with van der Waals surface area (Å²) in [4.78, 5) is 6.68. The molecular formula is C26H27N3O2. The van der Waals surface area contributed by atoms with Crippen molar-refractivity contribution in [2.75, 3.05) is 39.8 Å². The average molecular weight is 414 g/mol. The molecule has 0 aromatic heterocycles. The first-order chi connectivity index (χ1) is 15.1. The second-order valence-corrected chi connectivity index (χ2v) is 7.27. The van der Waals surface area contributed by atoms with Gasteiger partial charge in [-0.3, -0.25) is 4.99 Å². The highest BCUT2D eigenvalue weighted by Gasteiger charge is 2.20. The van der Waals surface area contributed by atoms with Gasteiger partial charge in [0.1, 0.15) is 6.07 Å². The van der Waals surface area contributed by atoms with E-state index in [2.05, 4.69) is 40.2 Å². The van der Waals surface area contributed by atoms with Crippen molar-refractivity contribution in [1.82, 2.24) is 0 Å². The van der Waals surface area contributed by atoms with Gasteiger partial charge in [0.2, 0.25) is 0 Å². The van der Waals surface area contributed by atoms with E-state index >= 15 is 0 Å². The topological polar surface area (TPSA) is 57.9 Å². The Kier molecular flexibility index (Phi) is 7.29. The molecule has 31 heavy (non-hydrogen) atoms. The normalized spacial score (nSPS) is 13.6. The predicted molar refractivity (Wildman–Crippen MR) is 127 cm³/mol. The number of hydrogen-bond acceptors (Lipinski definition) is 5. The summed E-state index contributed by atoms with van der Waals surface area (Å²) >= 11 is 0. The number of methoxy groups -OCH3 is 2. The molecule has 5 heteroatoms. The molecule has 1 aliphatic rings. The summed E-state index contributed by atoms with van der Waals surface area (Å²) in [5, 5.41) is 9.73. The van der Waals surface area contributed by atoms with Crippen molar-refractivity contribution >= 4 is 17.5 Å². The molecule has 0 unspecified atom stereocenters. The van der Waals surface area contributed by atoms with Gasteiger partial charge in [-0.05, 0) is 47.9 Å². The van der Waals surface area contributed by atoms with Gasteiger partial charge in [-0.1, -0.05) is 36.4 Å². The Balaban J connectivity index is 1.78. The maximum atomic E-state index is 9.73. The van der Waals surface area contributed by atoms with Crippen molar-refractivity contribution in [3.05, 3.63) is 83.0 Å². The van der Waals surface area contributed by atoms with Gasteiger partial charge in [0.05, 0.1) is 25.5 Å². The number of benzene rings is 2. The Morgan fingerprint density at radius 1 is 1.03 bits per heavy atom. The van der Waals surface area contributed by atoms with E-state index in [1.165, 1.54) is 0 Å². The van der Waals surface area contributed by atoms with Crippen LogP contribution in [0.1, 0.15) is 16.7 Å². The van der Waals surface area contributed by atoms with Crippen molar-refractivity contribution in [3.63, 3.8) is 0 Å². The van der Waals surface area contributed by atoms with Gasteiger partial charge in [-0.25, -0.2) is 0 Å². The number of allylic oxidation sites excluding steroid dienone is 5. The summed E-state index contributed by atoms with van der Waals surface area (Å²) in [6.07, 6.45) is 10.4. The van der Waals surface area contributed by atoms with Gasteiger partial charge in [0.15, 0.2) is 11.5 Å². The first-order valence-corrected chi connectivity index (χ1v) is 10.1. The third-order valence-corrected chi connectivity index (χ3v) is 5.07. The Hall–Kier alpha value is -3.78. The lowest BCUT2D eigenvalue weighted by Gasteiger charge is -2.19. The van der Waals surface area contributed by atoms with Gasteiger partial charge in [0.25, 0.3) is 0 Å². The number of fused-ring (bicyclic) bond motifs is 1. The van der Waals surface area contributed by atoms with Gasteiger partial charge in [-0.15, -0.1) is 0 Å². The molecule has 0 bridgehead atoms. The van der Waals surface area contributed by atoms with E-state index in [4.69, 9.17) is 9.47 Å². The van der Waals surface area contributed by atoms with Gasteiger partial charge >= 0.3 is 0 Å². The largest absolute Gasteiger partial charge is 0.493 e. The third-order valence-electron chi connectivity index (χ3n) is 5.07. The van der Waals surface area contributed by atoms with E-state index in [0.29, 0.717) is 29.3 Å². The van der Waals surface area contributed by atoms with E-state index in [9.17, 15) is 5.26 Å². The van der Waals surface area contributed by atoms with Gasteiger partial charge < -0.3 is 14.4 Å². The van der Waals surface area contributed by atoms with E-state index in [-0.39, 0.29) is 0 Å². The van der Waals surface area contributed by atoms with Crippen LogP contribution in [0.25, 0.3) is 6.08 Å². The highest BCUT2D eigenvalue weighted by atomic mass is 16.5. The monoisotopic (exact) mass is 413 g/mol. The molecular weight excluding hydrogens is 386 g/mol. The van der Waals surface area contributed by atoms with Crippen molar-refractivity contribution in [3.8, 4) is 17.6 Å². The molecule has 0 radical (unpaired) electrons. The molecule has 0 fully saturated rings. The van der Waals surface area contributed by atoms with Gasteiger partial charge in [0, 0.05) is 31.9 Å². The quantitative estimate of drug-likeness (QED) is 0.482. The predicted octanol–water partition coefficient (Wildman–Crippen LogP) is 4.83. The maximum Gasteiger partial charge on any atom is 0.161 e. The molecule has 0 atom stereocenters. The zero-order chi connectivity index (χ0) is 22.2. The number of hydrogen-bond donors (Lipinski definition) is 0. The van der Waals surface area contributed by atoms with Crippen LogP contribution in [0.3, 0.4) is 0 Å². The molecule has 2 aromatic rings. The van der Waals surface area contributed by atoms with Crippen molar-refractivity contribution in [2.45, 2.75) is 6.42 Å². The zero-order valence-electron chi connectivity index (χ0n) is 18.4. The van der Waals surface area contributed by atoms with E-state index in [0.717, 1.165) is 28.8 Å². The van der Waals surface area contributed by atoms with Crippen LogP contribution in [-0.2, 0) is 6.42 Å². The lowest BCUT2D eigenvalue weighted by Crippen LogP contribution is -2.15. The van der Waals surface area contributed by atoms with E-state index in [1.54, 1.807) is 20.3 Å². The molecule has 0 aliphatic carbocycles. The fourth-order valence-electron chi connectivity index (χ4n) is 3.39. The molecule has 1 aliphatic heterocycles. The number of rotatable bonds is 7. The number of nitriles is 1. The minimum absolute atomic E-state index is 0.521. The van der Waals surface area contributed by atoms with Crippen LogP contribution in [0, 0.1) is 11.3 Å².